The molecule has 0 radical (unpaired) electrons. The lowest BCUT2D eigenvalue weighted by atomic mass is 9.80. The molecule has 1 aromatic rings. The molecule has 0 aliphatic heterocycles. The zero-order valence-electron chi connectivity index (χ0n) is 12.2. The summed E-state index contributed by atoms with van der Waals surface area (Å²) in [5.74, 6) is 0.367. The molecule has 0 heterocycles. The van der Waals surface area contributed by atoms with Crippen LogP contribution in [-0.2, 0) is 0 Å². The van der Waals surface area contributed by atoms with Crippen molar-refractivity contribution >= 4 is 21.8 Å². The molecule has 2 rings (SSSR count). The Morgan fingerprint density at radius 1 is 1.38 bits per heavy atom. The van der Waals surface area contributed by atoms with Crippen LogP contribution in [0.5, 0.6) is 5.75 Å². The number of nitrogens with one attached hydrogen (secondary N) is 1. The molecule has 1 aliphatic rings. The summed E-state index contributed by atoms with van der Waals surface area (Å²) >= 11 is 3.55. The van der Waals surface area contributed by atoms with Gasteiger partial charge in [0.05, 0.1) is 7.11 Å². The van der Waals surface area contributed by atoms with Gasteiger partial charge in [-0.3, -0.25) is 4.79 Å². The third-order valence-electron chi connectivity index (χ3n) is 4.21. The van der Waals surface area contributed by atoms with Crippen LogP contribution in [0.25, 0.3) is 0 Å². The molecular weight excluding hydrogens is 337 g/mol. The number of hydrogen-bond donors (Lipinski definition) is 1. The van der Waals surface area contributed by atoms with Crippen LogP contribution in [0.4, 0.5) is 4.39 Å². The van der Waals surface area contributed by atoms with Gasteiger partial charge in [0.15, 0.2) is 0 Å². The van der Waals surface area contributed by atoms with E-state index in [9.17, 15) is 9.18 Å². The summed E-state index contributed by atoms with van der Waals surface area (Å²) in [6.45, 7) is 0.590. The minimum atomic E-state index is -0.549. The number of amides is 1. The minimum Gasteiger partial charge on any atom is -0.496 e. The number of ether oxygens (including phenoxy) is 1. The maximum atomic E-state index is 13.8. The molecule has 5 heteroatoms. The monoisotopic (exact) mass is 357 g/mol. The summed E-state index contributed by atoms with van der Waals surface area (Å²) in [4.78, 5) is 12.2. The van der Waals surface area contributed by atoms with Gasteiger partial charge in [0.1, 0.15) is 17.1 Å². The topological polar surface area (TPSA) is 38.3 Å². The lowest BCUT2D eigenvalue weighted by Gasteiger charge is -2.30. The first-order chi connectivity index (χ1) is 10.2. The first kappa shape index (κ1) is 16.3. The van der Waals surface area contributed by atoms with Gasteiger partial charge in [0, 0.05) is 11.9 Å². The van der Waals surface area contributed by atoms with Gasteiger partial charge in [-0.2, -0.15) is 0 Å². The molecule has 1 fully saturated rings. The maximum absolute atomic E-state index is 13.8. The highest BCUT2D eigenvalue weighted by Gasteiger charge is 2.25. The molecule has 0 bridgehead atoms. The van der Waals surface area contributed by atoms with Crippen LogP contribution in [0, 0.1) is 17.7 Å². The zero-order valence-corrected chi connectivity index (χ0v) is 13.8. The van der Waals surface area contributed by atoms with Crippen LogP contribution in [0.1, 0.15) is 36.0 Å². The quantitative estimate of drug-likeness (QED) is 0.814. The van der Waals surface area contributed by atoms with Crippen molar-refractivity contribution in [3.63, 3.8) is 0 Å². The summed E-state index contributed by atoms with van der Waals surface area (Å²) in [6, 6.07) is 4.41. The summed E-state index contributed by atoms with van der Waals surface area (Å²) < 4.78 is 18.9. The fourth-order valence-electron chi connectivity index (χ4n) is 2.96. The van der Waals surface area contributed by atoms with Crippen molar-refractivity contribution in [2.24, 2.45) is 11.8 Å². The highest BCUT2D eigenvalue weighted by molar-refractivity contribution is 9.09. The van der Waals surface area contributed by atoms with E-state index in [1.807, 2.05) is 0 Å². The highest BCUT2D eigenvalue weighted by atomic mass is 79.9. The van der Waals surface area contributed by atoms with E-state index in [2.05, 4.69) is 21.2 Å². The predicted molar refractivity (Wildman–Crippen MR) is 84.5 cm³/mol. The molecule has 1 N–H and O–H groups in total. The number of hydrogen-bond acceptors (Lipinski definition) is 2. The Labute approximate surface area is 133 Å². The van der Waals surface area contributed by atoms with Crippen molar-refractivity contribution < 1.29 is 13.9 Å². The Balaban J connectivity index is 2.01. The number of benzene rings is 1. The molecule has 0 saturated heterocycles. The summed E-state index contributed by atoms with van der Waals surface area (Å²) in [5.41, 5.74) is -0.00815. The first-order valence-corrected chi connectivity index (χ1v) is 8.46. The summed E-state index contributed by atoms with van der Waals surface area (Å²) in [5, 5.41) is 3.82. The fourth-order valence-corrected chi connectivity index (χ4v) is 3.82. The smallest absolute Gasteiger partial charge is 0.258 e. The van der Waals surface area contributed by atoms with E-state index in [0.717, 1.165) is 11.8 Å². The van der Waals surface area contributed by atoms with E-state index < -0.39 is 11.7 Å². The third kappa shape index (κ3) is 3.96. The normalized spacial score (nSPS) is 21.9. The van der Waals surface area contributed by atoms with Gasteiger partial charge in [-0.1, -0.05) is 34.8 Å². The van der Waals surface area contributed by atoms with Crippen molar-refractivity contribution in [1.82, 2.24) is 5.32 Å². The molecule has 21 heavy (non-hydrogen) atoms. The van der Waals surface area contributed by atoms with Gasteiger partial charge in [-0.05, 0) is 36.8 Å². The molecule has 2 unspecified atom stereocenters. The highest BCUT2D eigenvalue weighted by Crippen LogP contribution is 2.31. The molecule has 2 atom stereocenters. The van der Waals surface area contributed by atoms with Gasteiger partial charge in [-0.25, -0.2) is 4.39 Å². The van der Waals surface area contributed by atoms with Crippen LogP contribution in [0.15, 0.2) is 18.2 Å². The Morgan fingerprint density at radius 3 is 2.76 bits per heavy atom. The standard InChI is InChI=1S/C16H21BrFNO2/c1-21-14-8-4-7-13(18)15(14)16(20)19-10-12-6-3-2-5-11(12)9-17/h4,7-8,11-12H,2-3,5-6,9-10H2,1H3,(H,19,20). The molecule has 0 aromatic heterocycles. The molecule has 1 saturated carbocycles. The number of carbonyl (C=O) groups excluding carboxylic acids is 1. The lowest BCUT2D eigenvalue weighted by molar-refractivity contribution is 0.0929. The van der Waals surface area contributed by atoms with Gasteiger partial charge >= 0.3 is 0 Å². The van der Waals surface area contributed by atoms with E-state index in [1.54, 1.807) is 6.07 Å². The van der Waals surface area contributed by atoms with Gasteiger partial charge < -0.3 is 10.1 Å². The number of halogens is 2. The second kappa shape index (κ2) is 7.78. The maximum Gasteiger partial charge on any atom is 0.258 e. The van der Waals surface area contributed by atoms with Crippen LogP contribution >= 0.6 is 15.9 Å². The van der Waals surface area contributed by atoms with E-state index in [-0.39, 0.29) is 11.3 Å². The zero-order chi connectivity index (χ0) is 15.2. The second-order valence-electron chi connectivity index (χ2n) is 5.49. The molecular formula is C16H21BrFNO2. The Morgan fingerprint density at radius 2 is 2.10 bits per heavy atom. The average molecular weight is 358 g/mol. The Hall–Kier alpha value is -1.10. The molecule has 116 valence electrons. The summed E-state index contributed by atoms with van der Waals surface area (Å²) in [6.07, 6.45) is 4.76. The Kier molecular flexibility index (Phi) is 6.03. The lowest BCUT2D eigenvalue weighted by Crippen LogP contribution is -2.35. The van der Waals surface area contributed by atoms with E-state index in [1.165, 1.54) is 38.5 Å². The number of methoxy groups -OCH3 is 1. The predicted octanol–water partition coefficient (Wildman–Crippen LogP) is 3.77. The number of alkyl halides is 1. The van der Waals surface area contributed by atoms with Crippen molar-refractivity contribution in [2.75, 3.05) is 19.0 Å². The fraction of sp³-hybridized carbons (Fsp3) is 0.562. The molecule has 1 aliphatic carbocycles. The van der Waals surface area contributed by atoms with Crippen molar-refractivity contribution in [3.8, 4) is 5.75 Å². The van der Waals surface area contributed by atoms with Crippen LogP contribution < -0.4 is 10.1 Å². The Bertz CT molecular complexity index is 495. The van der Waals surface area contributed by atoms with Crippen LogP contribution in [0.2, 0.25) is 0 Å². The van der Waals surface area contributed by atoms with Crippen molar-refractivity contribution in [1.29, 1.82) is 0 Å². The van der Waals surface area contributed by atoms with Crippen LogP contribution in [0.3, 0.4) is 0 Å². The molecule has 1 amide bonds. The molecule has 0 spiro atoms. The van der Waals surface area contributed by atoms with Crippen LogP contribution in [-0.4, -0.2) is 24.9 Å². The minimum absolute atomic E-state index is 0.00815. The largest absolute Gasteiger partial charge is 0.496 e. The van der Waals surface area contributed by atoms with E-state index >= 15 is 0 Å². The third-order valence-corrected chi connectivity index (χ3v) is 5.04. The number of carbonyl (C=O) groups is 1. The van der Waals surface area contributed by atoms with E-state index in [4.69, 9.17) is 4.74 Å². The number of rotatable bonds is 5. The van der Waals surface area contributed by atoms with Crippen molar-refractivity contribution in [2.45, 2.75) is 25.7 Å². The SMILES string of the molecule is COc1cccc(F)c1C(=O)NCC1CCCCC1CBr. The second-order valence-corrected chi connectivity index (χ2v) is 6.13. The van der Waals surface area contributed by atoms with Gasteiger partial charge in [-0.15, -0.1) is 0 Å². The molecule has 3 nitrogen and oxygen atoms in total. The van der Waals surface area contributed by atoms with Gasteiger partial charge in [0.25, 0.3) is 5.91 Å². The van der Waals surface area contributed by atoms with Gasteiger partial charge in [0.2, 0.25) is 0 Å². The van der Waals surface area contributed by atoms with E-state index in [0.29, 0.717) is 18.4 Å². The first-order valence-electron chi connectivity index (χ1n) is 7.34. The average Bonchev–Trinajstić information content (AvgIpc) is 2.52. The molecule has 1 aromatic carbocycles. The summed E-state index contributed by atoms with van der Waals surface area (Å²) in [7, 11) is 1.44. The van der Waals surface area contributed by atoms with Crippen molar-refractivity contribution in [3.05, 3.63) is 29.6 Å².